The molecule has 0 radical (unpaired) electrons. The number of nitrogens with two attached hydrogens (primary N) is 1. The van der Waals surface area contributed by atoms with Gasteiger partial charge in [-0.1, -0.05) is 0 Å². The predicted molar refractivity (Wildman–Crippen MR) is 62.6 cm³/mol. The molecule has 4 nitrogen and oxygen atoms in total. The van der Waals surface area contributed by atoms with Crippen LogP contribution in [0.5, 0.6) is 0 Å². The molecular formula is C12H14N4. The molecule has 0 aliphatic heterocycles. The Morgan fingerprint density at radius 2 is 2.38 bits per heavy atom. The maximum atomic E-state index is 6.10. The summed E-state index contributed by atoms with van der Waals surface area (Å²) in [6, 6.07) is -0.0185. The molecule has 2 heterocycles. The zero-order valence-corrected chi connectivity index (χ0v) is 9.00. The SMILES string of the molecule is C#CCCCC(N)c1cnn2ccncc12. The number of hydrogen-bond acceptors (Lipinski definition) is 3. The van der Waals surface area contributed by atoms with Crippen LogP contribution >= 0.6 is 0 Å². The quantitative estimate of drug-likeness (QED) is 0.620. The second-order valence-corrected chi connectivity index (χ2v) is 3.71. The maximum Gasteiger partial charge on any atom is 0.0892 e. The maximum absolute atomic E-state index is 6.10. The van der Waals surface area contributed by atoms with Crippen LogP contribution in [0.15, 0.2) is 24.8 Å². The molecule has 0 fully saturated rings. The molecular weight excluding hydrogens is 200 g/mol. The number of terminal acetylenes is 1. The van der Waals surface area contributed by atoms with E-state index in [-0.39, 0.29) is 6.04 Å². The second-order valence-electron chi connectivity index (χ2n) is 3.71. The summed E-state index contributed by atoms with van der Waals surface area (Å²) in [6.45, 7) is 0. The van der Waals surface area contributed by atoms with Gasteiger partial charge in [-0.3, -0.25) is 4.98 Å². The Bertz CT molecular complexity index is 509. The van der Waals surface area contributed by atoms with Crippen LogP contribution in [0.25, 0.3) is 5.52 Å². The number of nitrogens with zero attached hydrogens (tertiary/aromatic N) is 3. The van der Waals surface area contributed by atoms with E-state index >= 15 is 0 Å². The van der Waals surface area contributed by atoms with E-state index in [1.54, 1.807) is 23.1 Å². The Balaban J connectivity index is 2.17. The highest BCUT2D eigenvalue weighted by atomic mass is 15.2. The van der Waals surface area contributed by atoms with Gasteiger partial charge in [0.1, 0.15) is 0 Å². The Morgan fingerprint density at radius 1 is 1.50 bits per heavy atom. The van der Waals surface area contributed by atoms with E-state index in [2.05, 4.69) is 16.0 Å². The Kier molecular flexibility index (Phi) is 3.18. The average Bonchev–Trinajstić information content (AvgIpc) is 2.73. The highest BCUT2D eigenvalue weighted by Crippen LogP contribution is 2.20. The molecule has 0 aromatic carbocycles. The molecule has 16 heavy (non-hydrogen) atoms. The van der Waals surface area contributed by atoms with E-state index in [0.29, 0.717) is 0 Å². The summed E-state index contributed by atoms with van der Waals surface area (Å²) in [4.78, 5) is 4.08. The number of rotatable bonds is 4. The lowest BCUT2D eigenvalue weighted by Crippen LogP contribution is -2.09. The molecule has 1 atom stereocenters. The molecule has 2 aromatic rings. The number of hydrogen-bond donors (Lipinski definition) is 1. The lowest BCUT2D eigenvalue weighted by molar-refractivity contribution is 0.624. The monoisotopic (exact) mass is 214 g/mol. The van der Waals surface area contributed by atoms with Crippen molar-refractivity contribution in [3.8, 4) is 12.3 Å². The molecule has 0 aliphatic carbocycles. The summed E-state index contributed by atoms with van der Waals surface area (Å²) in [5.41, 5.74) is 8.10. The van der Waals surface area contributed by atoms with Gasteiger partial charge in [-0.05, 0) is 12.8 Å². The highest BCUT2D eigenvalue weighted by Gasteiger charge is 2.11. The van der Waals surface area contributed by atoms with Crippen LogP contribution in [0.2, 0.25) is 0 Å². The minimum absolute atomic E-state index is 0.0185. The lowest BCUT2D eigenvalue weighted by Gasteiger charge is -2.08. The molecule has 0 bridgehead atoms. The topological polar surface area (TPSA) is 56.2 Å². The van der Waals surface area contributed by atoms with Crippen molar-refractivity contribution < 1.29 is 0 Å². The summed E-state index contributed by atoms with van der Waals surface area (Å²) in [6.07, 6.45) is 14.9. The number of unbranched alkanes of at least 4 members (excludes halogenated alkanes) is 1. The van der Waals surface area contributed by atoms with Crippen LogP contribution in [0, 0.1) is 12.3 Å². The van der Waals surface area contributed by atoms with E-state index in [4.69, 9.17) is 12.2 Å². The molecule has 0 saturated heterocycles. The highest BCUT2D eigenvalue weighted by molar-refractivity contribution is 5.52. The van der Waals surface area contributed by atoms with Crippen molar-refractivity contribution in [2.75, 3.05) is 0 Å². The van der Waals surface area contributed by atoms with Crippen LogP contribution in [0.3, 0.4) is 0 Å². The summed E-state index contributed by atoms with van der Waals surface area (Å²) >= 11 is 0. The molecule has 2 rings (SSSR count). The molecule has 0 saturated carbocycles. The van der Waals surface area contributed by atoms with Crippen LogP contribution in [0.4, 0.5) is 0 Å². The standard InChI is InChI=1S/C12H14N4/c1-2-3-4-5-11(13)10-8-15-16-7-6-14-9-12(10)16/h1,6-9,11H,3-5,13H2. The van der Waals surface area contributed by atoms with Crippen molar-refractivity contribution in [3.05, 3.63) is 30.4 Å². The molecule has 4 heteroatoms. The minimum atomic E-state index is -0.0185. The normalized spacial score (nSPS) is 12.5. The van der Waals surface area contributed by atoms with E-state index in [0.717, 1.165) is 30.3 Å². The van der Waals surface area contributed by atoms with E-state index in [1.165, 1.54) is 0 Å². The van der Waals surface area contributed by atoms with Gasteiger partial charge in [-0.15, -0.1) is 12.3 Å². The molecule has 0 spiro atoms. The second kappa shape index (κ2) is 4.77. The molecule has 2 N–H and O–H groups in total. The Morgan fingerprint density at radius 3 is 3.19 bits per heavy atom. The molecule has 0 amide bonds. The molecule has 0 aliphatic rings. The van der Waals surface area contributed by atoms with Gasteiger partial charge in [0.15, 0.2) is 0 Å². The van der Waals surface area contributed by atoms with Gasteiger partial charge < -0.3 is 5.73 Å². The van der Waals surface area contributed by atoms with Crippen molar-refractivity contribution in [1.82, 2.24) is 14.6 Å². The van der Waals surface area contributed by atoms with Crippen LogP contribution in [-0.2, 0) is 0 Å². The van der Waals surface area contributed by atoms with Gasteiger partial charge in [-0.25, -0.2) is 4.52 Å². The first kappa shape index (κ1) is 10.7. The lowest BCUT2D eigenvalue weighted by atomic mass is 10.0. The Labute approximate surface area is 94.5 Å². The first-order chi connectivity index (χ1) is 7.83. The smallest absolute Gasteiger partial charge is 0.0892 e. The van der Waals surface area contributed by atoms with Crippen LogP contribution in [-0.4, -0.2) is 14.6 Å². The van der Waals surface area contributed by atoms with Gasteiger partial charge in [-0.2, -0.15) is 5.10 Å². The Hall–Kier alpha value is -1.86. The van der Waals surface area contributed by atoms with Crippen molar-refractivity contribution in [1.29, 1.82) is 0 Å². The fourth-order valence-corrected chi connectivity index (χ4v) is 1.72. The van der Waals surface area contributed by atoms with E-state index in [9.17, 15) is 0 Å². The van der Waals surface area contributed by atoms with Gasteiger partial charge in [0.2, 0.25) is 0 Å². The van der Waals surface area contributed by atoms with Crippen molar-refractivity contribution >= 4 is 5.52 Å². The van der Waals surface area contributed by atoms with Gasteiger partial charge >= 0.3 is 0 Å². The fourth-order valence-electron chi connectivity index (χ4n) is 1.72. The van der Waals surface area contributed by atoms with Crippen molar-refractivity contribution in [3.63, 3.8) is 0 Å². The third-order valence-corrected chi connectivity index (χ3v) is 2.59. The minimum Gasteiger partial charge on any atom is -0.324 e. The van der Waals surface area contributed by atoms with Gasteiger partial charge in [0.05, 0.1) is 17.9 Å². The van der Waals surface area contributed by atoms with Crippen molar-refractivity contribution in [2.24, 2.45) is 5.73 Å². The predicted octanol–water partition coefficient (Wildman–Crippen LogP) is 1.53. The number of fused-ring (bicyclic) bond motifs is 1. The first-order valence-corrected chi connectivity index (χ1v) is 5.29. The number of aromatic nitrogens is 3. The largest absolute Gasteiger partial charge is 0.324 e. The molecule has 82 valence electrons. The van der Waals surface area contributed by atoms with Crippen LogP contribution < -0.4 is 5.73 Å². The van der Waals surface area contributed by atoms with Gasteiger partial charge in [0, 0.05) is 30.4 Å². The summed E-state index contributed by atoms with van der Waals surface area (Å²) in [5.74, 6) is 2.62. The third-order valence-electron chi connectivity index (χ3n) is 2.59. The summed E-state index contributed by atoms with van der Waals surface area (Å²) in [7, 11) is 0. The molecule has 2 aromatic heterocycles. The fraction of sp³-hybridized carbons (Fsp3) is 0.333. The van der Waals surface area contributed by atoms with Crippen molar-refractivity contribution in [2.45, 2.75) is 25.3 Å². The molecule has 1 unspecified atom stereocenters. The first-order valence-electron chi connectivity index (χ1n) is 5.29. The third kappa shape index (κ3) is 2.05. The van der Waals surface area contributed by atoms with Crippen LogP contribution in [0.1, 0.15) is 30.9 Å². The summed E-state index contributed by atoms with van der Waals surface area (Å²) in [5, 5.41) is 4.22. The van der Waals surface area contributed by atoms with E-state index in [1.807, 2.05) is 6.20 Å². The zero-order valence-electron chi connectivity index (χ0n) is 9.00. The summed E-state index contributed by atoms with van der Waals surface area (Å²) < 4.78 is 1.78. The zero-order chi connectivity index (χ0) is 11.4. The van der Waals surface area contributed by atoms with Gasteiger partial charge in [0.25, 0.3) is 0 Å². The average molecular weight is 214 g/mol. The van der Waals surface area contributed by atoms with E-state index < -0.39 is 0 Å².